The lowest BCUT2D eigenvalue weighted by Gasteiger charge is -2.08. The van der Waals surface area contributed by atoms with E-state index in [1.165, 1.54) is 12.4 Å². The third-order valence-corrected chi connectivity index (χ3v) is 3.66. The van der Waals surface area contributed by atoms with Crippen molar-refractivity contribution in [2.45, 2.75) is 6.18 Å². The van der Waals surface area contributed by atoms with Crippen LogP contribution in [0.1, 0.15) is 21.5 Å². The van der Waals surface area contributed by atoms with Gasteiger partial charge < -0.3 is 4.98 Å². The Kier molecular flexibility index (Phi) is 3.71. The highest BCUT2D eigenvalue weighted by Crippen LogP contribution is 2.31. The zero-order valence-corrected chi connectivity index (χ0v) is 12.8. The number of carbonyl (C=O) groups excluding carboxylic acids is 1. The maximum Gasteiger partial charge on any atom is 0.416 e. The molecule has 0 aliphatic rings. The number of rotatable bonds is 2. The summed E-state index contributed by atoms with van der Waals surface area (Å²) in [5, 5.41) is 0.433. The summed E-state index contributed by atoms with van der Waals surface area (Å²) in [5.74, 6) is -1.84. The van der Waals surface area contributed by atoms with Crippen LogP contribution in [0, 0.1) is 5.82 Å². The number of H-pyrrole nitrogens is 1. The van der Waals surface area contributed by atoms with E-state index in [9.17, 15) is 22.4 Å². The number of ketones is 1. The van der Waals surface area contributed by atoms with Gasteiger partial charge in [-0.2, -0.15) is 13.2 Å². The minimum atomic E-state index is -4.73. The zero-order valence-electron chi connectivity index (χ0n) is 11.2. The number of pyridine rings is 1. The highest BCUT2D eigenvalue weighted by molar-refractivity contribution is 9.10. The molecule has 3 nitrogen and oxygen atoms in total. The molecular formula is C15H7BrF4N2O. The van der Waals surface area contributed by atoms with Crippen LogP contribution < -0.4 is 0 Å². The van der Waals surface area contributed by atoms with E-state index in [0.717, 1.165) is 6.07 Å². The zero-order chi connectivity index (χ0) is 16.8. The van der Waals surface area contributed by atoms with E-state index < -0.39 is 23.3 Å². The molecule has 3 rings (SSSR count). The van der Waals surface area contributed by atoms with Crippen molar-refractivity contribution in [2.24, 2.45) is 0 Å². The highest BCUT2D eigenvalue weighted by Gasteiger charge is 2.32. The van der Waals surface area contributed by atoms with Crippen LogP contribution in [0.5, 0.6) is 0 Å². The highest BCUT2D eigenvalue weighted by atomic mass is 79.9. The maximum absolute atomic E-state index is 13.5. The van der Waals surface area contributed by atoms with Crippen LogP contribution in [0.4, 0.5) is 17.6 Å². The van der Waals surface area contributed by atoms with Crippen molar-refractivity contribution >= 4 is 32.7 Å². The first-order chi connectivity index (χ1) is 10.8. The van der Waals surface area contributed by atoms with Crippen LogP contribution >= 0.6 is 15.9 Å². The van der Waals surface area contributed by atoms with Gasteiger partial charge in [0.15, 0.2) is 5.78 Å². The van der Waals surface area contributed by atoms with Crippen LogP contribution in [0.15, 0.2) is 41.1 Å². The van der Waals surface area contributed by atoms with Gasteiger partial charge in [0.1, 0.15) is 11.5 Å². The Morgan fingerprint density at radius 3 is 2.61 bits per heavy atom. The first-order valence-corrected chi connectivity index (χ1v) is 7.10. The Balaban J connectivity index is 2.12. The molecule has 0 amide bonds. The van der Waals surface area contributed by atoms with Crippen molar-refractivity contribution < 1.29 is 22.4 Å². The van der Waals surface area contributed by atoms with E-state index in [1.54, 1.807) is 6.07 Å². The lowest BCUT2D eigenvalue weighted by Crippen LogP contribution is -2.09. The first kappa shape index (κ1) is 15.7. The molecule has 23 heavy (non-hydrogen) atoms. The molecule has 1 aromatic carbocycles. The van der Waals surface area contributed by atoms with Gasteiger partial charge in [0.2, 0.25) is 0 Å². The Morgan fingerprint density at radius 2 is 1.91 bits per heavy atom. The molecule has 0 bridgehead atoms. The second kappa shape index (κ2) is 5.45. The molecule has 0 unspecified atom stereocenters. The molecule has 2 heterocycles. The van der Waals surface area contributed by atoms with E-state index in [0.29, 0.717) is 27.6 Å². The number of alkyl halides is 3. The predicted octanol–water partition coefficient (Wildman–Crippen LogP) is 4.71. The Morgan fingerprint density at radius 1 is 1.17 bits per heavy atom. The summed E-state index contributed by atoms with van der Waals surface area (Å²) in [6.07, 6.45) is -1.89. The molecule has 0 atom stereocenters. The molecule has 2 aromatic heterocycles. The summed E-state index contributed by atoms with van der Waals surface area (Å²) in [4.78, 5) is 19.3. The quantitative estimate of drug-likeness (QED) is 0.511. The number of halogens is 5. The van der Waals surface area contributed by atoms with Gasteiger partial charge in [-0.15, -0.1) is 0 Å². The van der Waals surface area contributed by atoms with Crippen LogP contribution in [-0.2, 0) is 6.18 Å². The number of aromatic nitrogens is 2. The number of hydrogen-bond acceptors (Lipinski definition) is 2. The lowest BCUT2D eigenvalue weighted by atomic mass is 10.0. The van der Waals surface area contributed by atoms with Crippen LogP contribution in [0.3, 0.4) is 0 Å². The number of fused-ring (bicyclic) bond motifs is 1. The van der Waals surface area contributed by atoms with Crippen LogP contribution in [0.25, 0.3) is 11.0 Å². The topological polar surface area (TPSA) is 45.8 Å². The molecule has 0 radical (unpaired) electrons. The van der Waals surface area contributed by atoms with Crippen molar-refractivity contribution in [1.82, 2.24) is 9.97 Å². The molecule has 118 valence electrons. The van der Waals surface area contributed by atoms with Crippen molar-refractivity contribution in [3.05, 3.63) is 63.6 Å². The SMILES string of the molecule is O=C(c1cc(F)cc(C(F)(F)F)c1)c1c[nH]c2ncc(Br)cc12. The Labute approximate surface area is 135 Å². The monoisotopic (exact) mass is 386 g/mol. The van der Waals surface area contributed by atoms with Gasteiger partial charge in [0.05, 0.1) is 5.56 Å². The molecule has 0 saturated heterocycles. The largest absolute Gasteiger partial charge is 0.416 e. The summed E-state index contributed by atoms with van der Waals surface area (Å²) < 4.78 is 52.3. The summed E-state index contributed by atoms with van der Waals surface area (Å²) >= 11 is 3.21. The standard InChI is InChI=1S/C15H7BrF4N2O/c16-9-4-11-12(6-22-14(11)21-5-9)13(23)7-1-8(15(18,19)20)3-10(17)2-7/h1-6H,(H,21,22). The normalized spacial score (nSPS) is 11.9. The maximum atomic E-state index is 13.5. The van der Waals surface area contributed by atoms with Crippen molar-refractivity contribution in [1.29, 1.82) is 0 Å². The second-order valence-electron chi connectivity index (χ2n) is 4.81. The van der Waals surface area contributed by atoms with Crippen LogP contribution in [0.2, 0.25) is 0 Å². The minimum Gasteiger partial charge on any atom is -0.345 e. The molecule has 0 aliphatic carbocycles. The number of nitrogens with zero attached hydrogens (tertiary/aromatic N) is 1. The van der Waals surface area contributed by atoms with Gasteiger partial charge in [-0.1, -0.05) is 0 Å². The van der Waals surface area contributed by atoms with Crippen molar-refractivity contribution in [3.8, 4) is 0 Å². The van der Waals surface area contributed by atoms with Gasteiger partial charge in [0, 0.05) is 33.4 Å². The molecular weight excluding hydrogens is 380 g/mol. The van der Waals surface area contributed by atoms with Crippen LogP contribution in [-0.4, -0.2) is 15.8 Å². The molecule has 1 N–H and O–H groups in total. The minimum absolute atomic E-state index is 0.118. The Hall–Kier alpha value is -2.22. The molecule has 3 aromatic rings. The van der Waals surface area contributed by atoms with Gasteiger partial charge in [-0.25, -0.2) is 9.37 Å². The van der Waals surface area contributed by atoms with E-state index in [2.05, 4.69) is 25.9 Å². The number of benzene rings is 1. The number of hydrogen-bond donors (Lipinski definition) is 1. The predicted molar refractivity (Wildman–Crippen MR) is 78.6 cm³/mol. The van der Waals surface area contributed by atoms with E-state index in [1.807, 2.05) is 0 Å². The number of aromatic amines is 1. The fourth-order valence-corrected chi connectivity index (χ4v) is 2.54. The first-order valence-electron chi connectivity index (χ1n) is 6.31. The van der Waals surface area contributed by atoms with Gasteiger partial charge in [0.25, 0.3) is 0 Å². The fraction of sp³-hybridized carbons (Fsp3) is 0.0667. The smallest absolute Gasteiger partial charge is 0.345 e. The third-order valence-electron chi connectivity index (χ3n) is 3.23. The van der Waals surface area contributed by atoms with Gasteiger partial charge in [-0.3, -0.25) is 4.79 Å². The van der Waals surface area contributed by atoms with E-state index >= 15 is 0 Å². The summed E-state index contributed by atoms with van der Waals surface area (Å²) in [6.45, 7) is 0. The molecule has 0 spiro atoms. The molecule has 8 heteroatoms. The molecule has 0 fully saturated rings. The Bertz CT molecular complexity index is 917. The van der Waals surface area contributed by atoms with E-state index in [4.69, 9.17) is 0 Å². The summed E-state index contributed by atoms with van der Waals surface area (Å²) in [6, 6.07) is 3.37. The second-order valence-corrected chi connectivity index (χ2v) is 5.72. The molecule has 0 saturated carbocycles. The number of carbonyl (C=O) groups is 1. The van der Waals surface area contributed by atoms with Crippen molar-refractivity contribution in [2.75, 3.05) is 0 Å². The summed E-state index contributed by atoms with van der Waals surface area (Å²) in [5.41, 5.74) is -1.06. The van der Waals surface area contributed by atoms with E-state index in [-0.39, 0.29) is 11.1 Å². The average Bonchev–Trinajstić information content (AvgIpc) is 2.87. The fourth-order valence-electron chi connectivity index (χ4n) is 2.21. The average molecular weight is 387 g/mol. The number of nitrogens with one attached hydrogen (secondary N) is 1. The van der Waals surface area contributed by atoms with Gasteiger partial charge >= 0.3 is 6.18 Å². The molecule has 0 aliphatic heterocycles. The van der Waals surface area contributed by atoms with Gasteiger partial charge in [-0.05, 0) is 40.2 Å². The van der Waals surface area contributed by atoms with Crippen molar-refractivity contribution in [3.63, 3.8) is 0 Å². The third kappa shape index (κ3) is 2.98. The lowest BCUT2D eigenvalue weighted by molar-refractivity contribution is -0.137. The summed E-state index contributed by atoms with van der Waals surface area (Å²) in [7, 11) is 0.